The van der Waals surface area contributed by atoms with Crippen molar-refractivity contribution in [2.45, 2.75) is 26.3 Å². The van der Waals surface area contributed by atoms with Crippen LogP contribution in [0.2, 0.25) is 0 Å². The highest BCUT2D eigenvalue weighted by molar-refractivity contribution is 5.79. The highest BCUT2D eigenvalue weighted by atomic mass is 16.5. The van der Waals surface area contributed by atoms with Gasteiger partial charge in [0.05, 0.1) is 20.6 Å². The second-order valence-corrected chi connectivity index (χ2v) is 7.06. The zero-order valence-corrected chi connectivity index (χ0v) is 16.6. The second kappa shape index (κ2) is 8.33. The van der Waals surface area contributed by atoms with E-state index in [0.29, 0.717) is 6.42 Å². The molecular formula is C22H28N2O3. The van der Waals surface area contributed by atoms with Crippen molar-refractivity contribution < 1.29 is 14.3 Å². The Balaban J connectivity index is 1.64. The molecule has 2 aromatic rings. The molecular weight excluding hydrogens is 340 g/mol. The third-order valence-corrected chi connectivity index (χ3v) is 5.19. The first-order chi connectivity index (χ1) is 13.0. The monoisotopic (exact) mass is 368 g/mol. The molecule has 0 unspecified atom stereocenters. The van der Waals surface area contributed by atoms with Gasteiger partial charge in [-0.2, -0.15) is 0 Å². The Kier molecular flexibility index (Phi) is 5.89. The van der Waals surface area contributed by atoms with Gasteiger partial charge in [-0.05, 0) is 43.2 Å². The largest absolute Gasteiger partial charge is 0.497 e. The number of nitrogens with zero attached hydrogens (tertiary/aromatic N) is 2. The SMILES string of the molecule is COc1cccc(N2CCN(C(=O)Cc3ccc(C)c(OC)c3)C[C@H]2C)c1. The first-order valence-electron chi connectivity index (χ1n) is 9.34. The predicted octanol–water partition coefficient (Wildman–Crippen LogP) is 3.29. The molecule has 3 rings (SSSR count). The van der Waals surface area contributed by atoms with E-state index in [-0.39, 0.29) is 11.9 Å². The molecule has 0 radical (unpaired) electrons. The maximum Gasteiger partial charge on any atom is 0.227 e. The molecule has 1 fully saturated rings. The van der Waals surface area contributed by atoms with Gasteiger partial charge in [0.15, 0.2) is 0 Å². The van der Waals surface area contributed by atoms with E-state index in [4.69, 9.17) is 9.47 Å². The number of ether oxygens (including phenoxy) is 2. The fourth-order valence-electron chi connectivity index (χ4n) is 3.62. The molecule has 0 saturated carbocycles. The summed E-state index contributed by atoms with van der Waals surface area (Å²) in [6.07, 6.45) is 0.405. The lowest BCUT2D eigenvalue weighted by Crippen LogP contribution is -2.54. The Bertz CT molecular complexity index is 806. The molecule has 1 atom stereocenters. The van der Waals surface area contributed by atoms with Crippen LogP contribution in [0.4, 0.5) is 5.69 Å². The van der Waals surface area contributed by atoms with Crippen LogP contribution in [-0.4, -0.2) is 50.7 Å². The predicted molar refractivity (Wildman–Crippen MR) is 108 cm³/mol. The third-order valence-electron chi connectivity index (χ3n) is 5.19. The summed E-state index contributed by atoms with van der Waals surface area (Å²) in [4.78, 5) is 17.1. The molecule has 1 heterocycles. The Morgan fingerprint density at radius 1 is 1.11 bits per heavy atom. The lowest BCUT2D eigenvalue weighted by molar-refractivity contribution is -0.131. The molecule has 0 aliphatic carbocycles. The molecule has 0 N–H and O–H groups in total. The second-order valence-electron chi connectivity index (χ2n) is 7.06. The Morgan fingerprint density at radius 3 is 2.63 bits per heavy atom. The van der Waals surface area contributed by atoms with Crippen LogP contribution < -0.4 is 14.4 Å². The van der Waals surface area contributed by atoms with Gasteiger partial charge in [0.1, 0.15) is 11.5 Å². The van der Waals surface area contributed by atoms with Gasteiger partial charge in [-0.25, -0.2) is 0 Å². The normalized spacial score (nSPS) is 17.0. The molecule has 2 aromatic carbocycles. The number of benzene rings is 2. The maximum atomic E-state index is 12.8. The minimum Gasteiger partial charge on any atom is -0.497 e. The van der Waals surface area contributed by atoms with E-state index in [0.717, 1.165) is 47.9 Å². The minimum atomic E-state index is 0.165. The molecule has 27 heavy (non-hydrogen) atoms. The van der Waals surface area contributed by atoms with Gasteiger partial charge in [-0.15, -0.1) is 0 Å². The zero-order valence-electron chi connectivity index (χ0n) is 16.6. The van der Waals surface area contributed by atoms with Gasteiger partial charge in [-0.1, -0.05) is 18.2 Å². The number of methoxy groups -OCH3 is 2. The van der Waals surface area contributed by atoms with Crippen molar-refractivity contribution in [2.75, 3.05) is 38.8 Å². The van der Waals surface area contributed by atoms with Crippen LogP contribution in [0.3, 0.4) is 0 Å². The summed E-state index contributed by atoms with van der Waals surface area (Å²) in [7, 11) is 3.34. The number of amides is 1. The first-order valence-corrected chi connectivity index (χ1v) is 9.34. The van der Waals surface area contributed by atoms with E-state index in [1.165, 1.54) is 0 Å². The number of hydrogen-bond acceptors (Lipinski definition) is 4. The van der Waals surface area contributed by atoms with Crippen molar-refractivity contribution in [3.8, 4) is 11.5 Å². The van der Waals surface area contributed by atoms with Crippen molar-refractivity contribution in [1.82, 2.24) is 4.90 Å². The van der Waals surface area contributed by atoms with Crippen molar-refractivity contribution in [1.29, 1.82) is 0 Å². The van der Waals surface area contributed by atoms with Crippen LogP contribution in [0, 0.1) is 6.92 Å². The highest BCUT2D eigenvalue weighted by Gasteiger charge is 2.27. The molecule has 0 aromatic heterocycles. The summed E-state index contributed by atoms with van der Waals surface area (Å²) in [5, 5.41) is 0. The van der Waals surface area contributed by atoms with E-state index in [2.05, 4.69) is 17.9 Å². The molecule has 1 aliphatic rings. The molecule has 144 valence electrons. The molecule has 1 saturated heterocycles. The van der Waals surface area contributed by atoms with E-state index in [1.54, 1.807) is 14.2 Å². The molecule has 5 nitrogen and oxygen atoms in total. The number of rotatable bonds is 5. The van der Waals surface area contributed by atoms with E-state index in [9.17, 15) is 4.79 Å². The number of carbonyl (C=O) groups excluding carboxylic acids is 1. The number of piperazine rings is 1. The standard InChI is InChI=1S/C22H28N2O3/c1-16-8-9-18(12-21(16)27-4)13-22(25)23-10-11-24(17(2)15-23)19-6-5-7-20(14-19)26-3/h5-9,12,14,17H,10-11,13,15H2,1-4H3/t17-/m1/s1. The van der Waals surface area contributed by atoms with E-state index in [1.807, 2.05) is 48.2 Å². The number of anilines is 1. The lowest BCUT2D eigenvalue weighted by Gasteiger charge is -2.41. The van der Waals surface area contributed by atoms with Gasteiger partial charge >= 0.3 is 0 Å². The van der Waals surface area contributed by atoms with Crippen molar-refractivity contribution in [3.63, 3.8) is 0 Å². The quantitative estimate of drug-likeness (QED) is 0.812. The van der Waals surface area contributed by atoms with Crippen LogP contribution in [0.25, 0.3) is 0 Å². The Labute approximate surface area is 161 Å². The summed E-state index contributed by atoms with van der Waals surface area (Å²) in [6, 6.07) is 14.3. The molecule has 1 amide bonds. The van der Waals surface area contributed by atoms with Crippen molar-refractivity contribution in [3.05, 3.63) is 53.6 Å². The fourth-order valence-corrected chi connectivity index (χ4v) is 3.62. The summed E-state index contributed by atoms with van der Waals surface area (Å²) in [5.74, 6) is 1.85. The third kappa shape index (κ3) is 4.35. The van der Waals surface area contributed by atoms with Gasteiger partial charge in [-0.3, -0.25) is 4.79 Å². The smallest absolute Gasteiger partial charge is 0.227 e. The van der Waals surface area contributed by atoms with Gasteiger partial charge in [0, 0.05) is 37.4 Å². The molecule has 5 heteroatoms. The zero-order chi connectivity index (χ0) is 19.4. The topological polar surface area (TPSA) is 42.0 Å². The van der Waals surface area contributed by atoms with Crippen LogP contribution in [-0.2, 0) is 11.2 Å². The minimum absolute atomic E-state index is 0.165. The van der Waals surface area contributed by atoms with Crippen molar-refractivity contribution >= 4 is 11.6 Å². The summed E-state index contributed by atoms with van der Waals surface area (Å²) >= 11 is 0. The maximum absolute atomic E-state index is 12.8. The van der Waals surface area contributed by atoms with E-state index >= 15 is 0 Å². The van der Waals surface area contributed by atoms with Crippen molar-refractivity contribution in [2.24, 2.45) is 0 Å². The number of carbonyl (C=O) groups is 1. The summed E-state index contributed by atoms with van der Waals surface area (Å²) in [6.45, 7) is 6.43. The number of hydrogen-bond donors (Lipinski definition) is 0. The summed E-state index contributed by atoms with van der Waals surface area (Å²) in [5.41, 5.74) is 3.21. The average Bonchev–Trinajstić information content (AvgIpc) is 2.69. The van der Waals surface area contributed by atoms with Crippen LogP contribution in [0.5, 0.6) is 11.5 Å². The number of aryl methyl sites for hydroxylation is 1. The first kappa shape index (κ1) is 19.1. The lowest BCUT2D eigenvalue weighted by atomic mass is 10.1. The van der Waals surface area contributed by atoms with Gasteiger partial charge in [0.2, 0.25) is 5.91 Å². The van der Waals surface area contributed by atoms with Crippen LogP contribution in [0.1, 0.15) is 18.1 Å². The molecule has 0 bridgehead atoms. The molecule has 0 spiro atoms. The van der Waals surface area contributed by atoms with Crippen LogP contribution >= 0.6 is 0 Å². The molecule has 1 aliphatic heterocycles. The van der Waals surface area contributed by atoms with Gasteiger partial charge < -0.3 is 19.3 Å². The Morgan fingerprint density at radius 2 is 1.93 bits per heavy atom. The van der Waals surface area contributed by atoms with Crippen LogP contribution in [0.15, 0.2) is 42.5 Å². The van der Waals surface area contributed by atoms with Gasteiger partial charge in [0.25, 0.3) is 0 Å². The van der Waals surface area contributed by atoms with E-state index < -0.39 is 0 Å². The average molecular weight is 368 g/mol. The Hall–Kier alpha value is -2.69. The summed E-state index contributed by atoms with van der Waals surface area (Å²) < 4.78 is 10.7. The fraction of sp³-hybridized carbons (Fsp3) is 0.409. The highest BCUT2D eigenvalue weighted by Crippen LogP contribution is 2.25.